The van der Waals surface area contributed by atoms with Gasteiger partial charge in [0.25, 0.3) is 5.91 Å². The summed E-state index contributed by atoms with van der Waals surface area (Å²) in [7, 11) is 0. The zero-order valence-electron chi connectivity index (χ0n) is 13.1. The van der Waals surface area contributed by atoms with Gasteiger partial charge in [0.1, 0.15) is 0 Å². The largest absolute Gasteiger partial charge is 0.353 e. The summed E-state index contributed by atoms with van der Waals surface area (Å²) in [5, 5.41) is 5.39. The fourth-order valence-electron chi connectivity index (χ4n) is 2.42. The van der Waals surface area contributed by atoms with Crippen LogP contribution in [-0.4, -0.2) is 34.5 Å². The number of hydrogen-bond donors (Lipinski definition) is 2. The zero-order chi connectivity index (χ0) is 16.8. The van der Waals surface area contributed by atoms with E-state index in [1.54, 1.807) is 30.6 Å². The molecule has 1 heterocycles. The summed E-state index contributed by atoms with van der Waals surface area (Å²) in [5.41, 5.74) is 2.50. The van der Waals surface area contributed by atoms with Gasteiger partial charge < -0.3 is 15.2 Å². The number of benzene rings is 2. The van der Waals surface area contributed by atoms with E-state index < -0.39 is 0 Å². The Balaban J connectivity index is 1.44. The van der Waals surface area contributed by atoms with Crippen molar-refractivity contribution in [3.8, 4) is 0 Å². The summed E-state index contributed by atoms with van der Waals surface area (Å²) < 4.78 is 1.98. The van der Waals surface area contributed by atoms with Crippen LogP contribution in [0.25, 0.3) is 11.0 Å². The van der Waals surface area contributed by atoms with Gasteiger partial charge in [-0.1, -0.05) is 30.3 Å². The SMILES string of the molecule is O=C(CNC(=O)c1ccccc1)NCCn1cnc2ccccc21. The van der Waals surface area contributed by atoms with Crippen LogP contribution in [0.2, 0.25) is 0 Å². The molecule has 6 heteroatoms. The Morgan fingerprint density at radius 2 is 1.71 bits per heavy atom. The number of aromatic nitrogens is 2. The molecule has 24 heavy (non-hydrogen) atoms. The summed E-state index contributed by atoms with van der Waals surface area (Å²) in [5.74, 6) is -0.477. The van der Waals surface area contributed by atoms with Gasteiger partial charge in [0.2, 0.25) is 5.91 Å². The Morgan fingerprint density at radius 3 is 2.54 bits per heavy atom. The third-order valence-electron chi connectivity index (χ3n) is 3.65. The molecule has 3 aromatic rings. The Kier molecular flexibility index (Phi) is 4.86. The van der Waals surface area contributed by atoms with Crippen LogP contribution in [-0.2, 0) is 11.3 Å². The average Bonchev–Trinajstić information content (AvgIpc) is 3.04. The molecule has 0 bridgehead atoms. The molecule has 2 aromatic carbocycles. The van der Waals surface area contributed by atoms with E-state index in [0.29, 0.717) is 18.7 Å². The van der Waals surface area contributed by atoms with Crippen LogP contribution in [0, 0.1) is 0 Å². The number of para-hydroxylation sites is 2. The molecule has 0 aliphatic rings. The number of nitrogens with one attached hydrogen (secondary N) is 2. The summed E-state index contributed by atoms with van der Waals surface area (Å²) in [6.45, 7) is 1.05. The lowest BCUT2D eigenvalue weighted by Crippen LogP contribution is -2.38. The number of imidazole rings is 1. The summed E-state index contributed by atoms with van der Waals surface area (Å²) in [6, 6.07) is 16.6. The van der Waals surface area contributed by atoms with E-state index >= 15 is 0 Å². The Labute approximate surface area is 139 Å². The second kappa shape index (κ2) is 7.41. The minimum atomic E-state index is -0.258. The van der Waals surface area contributed by atoms with Crippen molar-refractivity contribution in [3.05, 3.63) is 66.5 Å². The highest BCUT2D eigenvalue weighted by Crippen LogP contribution is 2.10. The van der Waals surface area contributed by atoms with Crippen molar-refractivity contribution in [1.29, 1.82) is 0 Å². The number of amides is 2. The molecule has 0 fully saturated rings. The van der Waals surface area contributed by atoms with Crippen molar-refractivity contribution < 1.29 is 9.59 Å². The van der Waals surface area contributed by atoms with Crippen molar-refractivity contribution in [1.82, 2.24) is 20.2 Å². The van der Waals surface area contributed by atoms with Crippen LogP contribution < -0.4 is 10.6 Å². The summed E-state index contributed by atoms with van der Waals surface area (Å²) >= 11 is 0. The molecule has 0 aliphatic heterocycles. The molecule has 1 aromatic heterocycles. The maximum Gasteiger partial charge on any atom is 0.251 e. The standard InChI is InChI=1S/C18H18N4O2/c23-17(12-20-18(24)14-6-2-1-3-7-14)19-10-11-22-13-21-15-8-4-5-9-16(15)22/h1-9,13H,10-12H2,(H,19,23)(H,20,24). The number of carbonyl (C=O) groups excluding carboxylic acids is 2. The number of fused-ring (bicyclic) bond motifs is 1. The van der Waals surface area contributed by atoms with E-state index in [0.717, 1.165) is 11.0 Å². The van der Waals surface area contributed by atoms with Gasteiger partial charge in [0, 0.05) is 18.7 Å². The van der Waals surface area contributed by atoms with Crippen LogP contribution in [0.15, 0.2) is 60.9 Å². The van der Waals surface area contributed by atoms with E-state index in [-0.39, 0.29) is 18.4 Å². The first-order valence-corrected chi connectivity index (χ1v) is 7.74. The molecule has 0 spiro atoms. The van der Waals surface area contributed by atoms with Gasteiger partial charge in [-0.05, 0) is 24.3 Å². The third kappa shape index (κ3) is 3.78. The molecular weight excluding hydrogens is 304 g/mol. The lowest BCUT2D eigenvalue weighted by Gasteiger charge is -2.08. The normalized spacial score (nSPS) is 10.5. The van der Waals surface area contributed by atoms with Crippen LogP contribution >= 0.6 is 0 Å². The fourth-order valence-corrected chi connectivity index (χ4v) is 2.42. The number of carbonyl (C=O) groups is 2. The highest BCUT2D eigenvalue weighted by Gasteiger charge is 2.07. The Hall–Kier alpha value is -3.15. The van der Waals surface area contributed by atoms with Crippen LogP contribution in [0.3, 0.4) is 0 Å². The molecule has 0 unspecified atom stereocenters. The molecule has 2 N–H and O–H groups in total. The van der Waals surface area contributed by atoms with E-state index in [2.05, 4.69) is 15.6 Å². The molecule has 0 radical (unpaired) electrons. The average molecular weight is 322 g/mol. The Morgan fingerprint density at radius 1 is 0.958 bits per heavy atom. The van der Waals surface area contributed by atoms with Gasteiger partial charge in [-0.3, -0.25) is 9.59 Å². The monoisotopic (exact) mass is 322 g/mol. The van der Waals surface area contributed by atoms with Crippen molar-refractivity contribution in [3.63, 3.8) is 0 Å². The molecular formula is C18H18N4O2. The number of rotatable bonds is 6. The quantitative estimate of drug-likeness (QED) is 0.723. The third-order valence-corrected chi connectivity index (χ3v) is 3.65. The van der Waals surface area contributed by atoms with Crippen LogP contribution in [0.1, 0.15) is 10.4 Å². The van der Waals surface area contributed by atoms with Crippen molar-refractivity contribution in [2.75, 3.05) is 13.1 Å². The maximum absolute atomic E-state index is 11.9. The molecule has 6 nitrogen and oxygen atoms in total. The van der Waals surface area contributed by atoms with E-state index in [1.165, 1.54) is 0 Å². The topological polar surface area (TPSA) is 76.0 Å². The molecule has 2 amide bonds. The predicted molar refractivity (Wildman–Crippen MR) is 91.5 cm³/mol. The lowest BCUT2D eigenvalue weighted by molar-refractivity contribution is -0.120. The first-order valence-electron chi connectivity index (χ1n) is 7.74. The minimum Gasteiger partial charge on any atom is -0.353 e. The summed E-state index contributed by atoms with van der Waals surface area (Å²) in [6.07, 6.45) is 1.76. The smallest absolute Gasteiger partial charge is 0.251 e. The number of hydrogen-bond acceptors (Lipinski definition) is 3. The lowest BCUT2D eigenvalue weighted by atomic mass is 10.2. The van der Waals surface area contributed by atoms with Crippen molar-refractivity contribution in [2.45, 2.75) is 6.54 Å². The highest BCUT2D eigenvalue weighted by molar-refractivity contribution is 5.96. The molecule has 0 saturated carbocycles. The summed E-state index contributed by atoms with van der Waals surface area (Å²) in [4.78, 5) is 28.0. The molecule has 3 rings (SSSR count). The van der Waals surface area contributed by atoms with Gasteiger partial charge >= 0.3 is 0 Å². The fraction of sp³-hybridized carbons (Fsp3) is 0.167. The first kappa shape index (κ1) is 15.7. The van der Waals surface area contributed by atoms with Gasteiger partial charge in [0.15, 0.2) is 0 Å². The first-order chi connectivity index (χ1) is 11.7. The van der Waals surface area contributed by atoms with Gasteiger partial charge in [-0.15, -0.1) is 0 Å². The molecule has 122 valence electrons. The molecule has 0 atom stereocenters. The van der Waals surface area contributed by atoms with E-state index in [1.807, 2.05) is 34.9 Å². The predicted octanol–water partition coefficient (Wildman–Crippen LogP) is 1.58. The van der Waals surface area contributed by atoms with Crippen molar-refractivity contribution in [2.24, 2.45) is 0 Å². The minimum absolute atomic E-state index is 0.0433. The zero-order valence-corrected chi connectivity index (χ0v) is 13.1. The van der Waals surface area contributed by atoms with Gasteiger partial charge in [-0.2, -0.15) is 0 Å². The van der Waals surface area contributed by atoms with Crippen molar-refractivity contribution >= 4 is 22.8 Å². The second-order valence-electron chi connectivity index (χ2n) is 5.33. The molecule has 0 aliphatic carbocycles. The highest BCUT2D eigenvalue weighted by atomic mass is 16.2. The maximum atomic E-state index is 11.9. The van der Waals surface area contributed by atoms with Gasteiger partial charge in [0.05, 0.1) is 23.9 Å². The number of nitrogens with zero attached hydrogens (tertiary/aromatic N) is 2. The van der Waals surface area contributed by atoms with Crippen LogP contribution in [0.5, 0.6) is 0 Å². The van der Waals surface area contributed by atoms with Crippen LogP contribution in [0.4, 0.5) is 0 Å². The van der Waals surface area contributed by atoms with E-state index in [9.17, 15) is 9.59 Å². The van der Waals surface area contributed by atoms with E-state index in [4.69, 9.17) is 0 Å². The Bertz CT molecular complexity index is 842. The molecule has 0 saturated heterocycles. The second-order valence-corrected chi connectivity index (χ2v) is 5.33. The van der Waals surface area contributed by atoms with Gasteiger partial charge in [-0.25, -0.2) is 4.98 Å².